The zero-order valence-electron chi connectivity index (χ0n) is 13.1. The summed E-state index contributed by atoms with van der Waals surface area (Å²) in [5, 5.41) is -0.467. The number of fused-ring (bicyclic) bond motifs is 1. The lowest BCUT2D eigenvalue weighted by Crippen LogP contribution is -2.49. The molecule has 23 heavy (non-hydrogen) atoms. The maximum atomic E-state index is 13.1. The van der Waals surface area contributed by atoms with E-state index in [0.29, 0.717) is 26.1 Å². The highest BCUT2D eigenvalue weighted by molar-refractivity contribution is 7.93. The summed E-state index contributed by atoms with van der Waals surface area (Å²) in [7, 11) is -3.41. The highest BCUT2D eigenvalue weighted by Gasteiger charge is 2.41. The van der Waals surface area contributed by atoms with E-state index >= 15 is 0 Å². The Hall–Kier alpha value is -1.56. The fraction of sp³-hybridized carbons (Fsp3) is 0.588. The largest absolute Gasteiger partial charge is 0.341 e. The minimum Gasteiger partial charge on any atom is -0.341 e. The Balaban J connectivity index is 1.55. The van der Waals surface area contributed by atoms with Crippen molar-refractivity contribution in [3.63, 3.8) is 0 Å². The molecule has 1 saturated carbocycles. The number of anilines is 1. The highest BCUT2D eigenvalue weighted by atomic mass is 32.2. The predicted octanol–water partition coefficient (Wildman–Crippen LogP) is 1.78. The second kappa shape index (κ2) is 5.51. The average Bonchev–Trinajstić information content (AvgIpc) is 3.32. The van der Waals surface area contributed by atoms with Gasteiger partial charge in [-0.3, -0.25) is 9.10 Å². The van der Waals surface area contributed by atoms with Gasteiger partial charge in [0.15, 0.2) is 0 Å². The van der Waals surface area contributed by atoms with E-state index in [1.165, 1.54) is 0 Å². The molecule has 0 spiro atoms. The number of carbonyl (C=O) groups excluding carboxylic acids is 1. The summed E-state index contributed by atoms with van der Waals surface area (Å²) in [4.78, 5) is 14.1. The van der Waals surface area contributed by atoms with Crippen molar-refractivity contribution in [1.29, 1.82) is 0 Å². The maximum Gasteiger partial charge on any atom is 0.239 e. The third-order valence-electron chi connectivity index (χ3n) is 5.19. The number of sulfonamides is 1. The normalized spacial score (nSPS) is 24.6. The Morgan fingerprint density at radius 1 is 1.09 bits per heavy atom. The Labute approximate surface area is 137 Å². The second-order valence-electron chi connectivity index (χ2n) is 6.82. The lowest BCUT2D eigenvalue weighted by Gasteiger charge is -2.35. The summed E-state index contributed by atoms with van der Waals surface area (Å²) in [5.74, 6) is 0.315. The Kier molecular flexibility index (Phi) is 3.59. The van der Waals surface area contributed by atoms with Crippen LogP contribution in [0.15, 0.2) is 24.3 Å². The van der Waals surface area contributed by atoms with Gasteiger partial charge in [-0.2, -0.15) is 0 Å². The zero-order chi connectivity index (χ0) is 16.0. The molecule has 2 fully saturated rings. The van der Waals surface area contributed by atoms with Gasteiger partial charge in [0, 0.05) is 25.6 Å². The van der Waals surface area contributed by atoms with Crippen molar-refractivity contribution in [2.75, 3.05) is 23.9 Å². The third-order valence-corrected chi connectivity index (χ3v) is 7.41. The first-order valence-corrected chi connectivity index (χ1v) is 9.96. The molecule has 0 radical (unpaired) electrons. The fourth-order valence-electron chi connectivity index (χ4n) is 3.72. The van der Waals surface area contributed by atoms with E-state index in [9.17, 15) is 13.2 Å². The Bertz CT molecular complexity index is 727. The summed E-state index contributed by atoms with van der Waals surface area (Å²) >= 11 is 0. The van der Waals surface area contributed by atoms with Crippen LogP contribution in [0.5, 0.6) is 0 Å². The minimum atomic E-state index is -3.41. The number of para-hydroxylation sites is 1. The molecule has 4 rings (SSSR count). The van der Waals surface area contributed by atoms with Gasteiger partial charge in [0.2, 0.25) is 15.9 Å². The summed E-state index contributed by atoms with van der Waals surface area (Å²) in [6.45, 7) is 1.59. The van der Waals surface area contributed by atoms with Crippen LogP contribution in [-0.2, 0) is 21.2 Å². The molecule has 5 nitrogen and oxygen atoms in total. The molecule has 0 N–H and O–H groups in total. The van der Waals surface area contributed by atoms with Crippen LogP contribution in [0.2, 0.25) is 0 Å². The molecule has 0 aromatic heterocycles. The van der Waals surface area contributed by atoms with Gasteiger partial charge in [0.1, 0.15) is 0 Å². The number of rotatable bonds is 3. The molecule has 2 aliphatic heterocycles. The molecule has 0 bridgehead atoms. The molecule has 1 unspecified atom stereocenters. The van der Waals surface area contributed by atoms with Gasteiger partial charge in [0.25, 0.3) is 0 Å². The van der Waals surface area contributed by atoms with Crippen LogP contribution in [0, 0.1) is 5.92 Å². The van der Waals surface area contributed by atoms with Crippen molar-refractivity contribution in [2.45, 2.75) is 37.4 Å². The first-order valence-electron chi connectivity index (χ1n) is 8.45. The minimum absolute atomic E-state index is 0.156. The number of hydrogen-bond donors (Lipinski definition) is 0. The van der Waals surface area contributed by atoms with Crippen molar-refractivity contribution < 1.29 is 13.2 Å². The summed E-state index contributed by atoms with van der Waals surface area (Å²) in [6, 6.07) is 7.71. The second-order valence-corrected chi connectivity index (χ2v) is 8.96. The van der Waals surface area contributed by atoms with E-state index in [1.54, 1.807) is 9.21 Å². The monoisotopic (exact) mass is 334 g/mol. The van der Waals surface area contributed by atoms with E-state index in [0.717, 1.165) is 36.9 Å². The maximum absolute atomic E-state index is 13.1. The number of amides is 1. The topological polar surface area (TPSA) is 57.7 Å². The molecule has 1 aromatic carbocycles. The first-order chi connectivity index (χ1) is 11.1. The van der Waals surface area contributed by atoms with E-state index in [-0.39, 0.29) is 11.8 Å². The van der Waals surface area contributed by atoms with Crippen LogP contribution < -0.4 is 4.31 Å². The number of benzene rings is 1. The molecule has 2 heterocycles. The molecule has 124 valence electrons. The quantitative estimate of drug-likeness (QED) is 0.847. The van der Waals surface area contributed by atoms with Gasteiger partial charge >= 0.3 is 0 Å². The lowest BCUT2D eigenvalue weighted by atomic mass is 10.1. The molecule has 1 atom stereocenters. The van der Waals surface area contributed by atoms with Gasteiger partial charge in [-0.25, -0.2) is 8.42 Å². The summed E-state index contributed by atoms with van der Waals surface area (Å²) in [6.07, 6.45) is 4.12. The van der Waals surface area contributed by atoms with Crippen LogP contribution in [0.25, 0.3) is 0 Å². The first kappa shape index (κ1) is 15.0. The SMILES string of the molecule is O=C(C1CC1)N1CCCC(S(=O)(=O)N2CCc3ccccc32)C1. The predicted molar refractivity (Wildman–Crippen MR) is 88.7 cm³/mol. The smallest absolute Gasteiger partial charge is 0.239 e. The number of carbonyl (C=O) groups is 1. The number of piperidine rings is 1. The molecular weight excluding hydrogens is 312 g/mol. The van der Waals surface area contributed by atoms with Crippen molar-refractivity contribution in [1.82, 2.24) is 4.90 Å². The number of likely N-dealkylation sites (tertiary alicyclic amines) is 1. The fourth-order valence-corrected chi connectivity index (χ4v) is 5.71. The Morgan fingerprint density at radius 2 is 1.87 bits per heavy atom. The average molecular weight is 334 g/mol. The van der Waals surface area contributed by atoms with Crippen molar-refractivity contribution in [3.05, 3.63) is 29.8 Å². The molecule has 3 aliphatic rings. The summed E-state index contributed by atoms with van der Waals surface area (Å²) < 4.78 is 27.8. The van der Waals surface area contributed by atoms with Crippen LogP contribution in [0.1, 0.15) is 31.2 Å². The van der Waals surface area contributed by atoms with E-state index < -0.39 is 15.3 Å². The van der Waals surface area contributed by atoms with Crippen LogP contribution in [-0.4, -0.2) is 44.1 Å². The van der Waals surface area contributed by atoms with Crippen molar-refractivity contribution in [2.24, 2.45) is 5.92 Å². The molecule has 1 aromatic rings. The molecular formula is C17H22N2O3S. The van der Waals surface area contributed by atoms with E-state index in [4.69, 9.17) is 0 Å². The molecule has 1 saturated heterocycles. The molecule has 1 aliphatic carbocycles. The van der Waals surface area contributed by atoms with Gasteiger partial charge in [0.05, 0.1) is 10.9 Å². The van der Waals surface area contributed by atoms with Crippen molar-refractivity contribution in [3.8, 4) is 0 Å². The van der Waals surface area contributed by atoms with Crippen LogP contribution in [0.4, 0.5) is 5.69 Å². The van der Waals surface area contributed by atoms with Gasteiger partial charge in [-0.15, -0.1) is 0 Å². The highest BCUT2D eigenvalue weighted by Crippen LogP contribution is 2.35. The molecule has 6 heteroatoms. The third kappa shape index (κ3) is 2.63. The van der Waals surface area contributed by atoms with Crippen molar-refractivity contribution >= 4 is 21.6 Å². The van der Waals surface area contributed by atoms with Gasteiger partial charge < -0.3 is 4.90 Å². The van der Waals surface area contributed by atoms with Gasteiger partial charge in [-0.05, 0) is 43.7 Å². The number of nitrogens with zero attached hydrogens (tertiary/aromatic N) is 2. The van der Waals surface area contributed by atoms with E-state index in [1.807, 2.05) is 24.3 Å². The Morgan fingerprint density at radius 3 is 2.65 bits per heavy atom. The summed E-state index contributed by atoms with van der Waals surface area (Å²) in [5.41, 5.74) is 1.91. The van der Waals surface area contributed by atoms with Gasteiger partial charge in [-0.1, -0.05) is 18.2 Å². The lowest BCUT2D eigenvalue weighted by molar-refractivity contribution is -0.133. The number of hydrogen-bond acceptors (Lipinski definition) is 3. The zero-order valence-corrected chi connectivity index (χ0v) is 14.0. The van der Waals surface area contributed by atoms with Crippen LogP contribution in [0.3, 0.4) is 0 Å². The standard InChI is InChI=1S/C17H22N2O3S/c20-17(14-7-8-14)18-10-3-5-15(12-18)23(21,22)19-11-9-13-4-1-2-6-16(13)19/h1-2,4,6,14-15H,3,5,7-12H2. The molecule has 1 amide bonds. The van der Waals surface area contributed by atoms with E-state index in [2.05, 4.69) is 0 Å². The van der Waals surface area contributed by atoms with Crippen LogP contribution >= 0.6 is 0 Å².